The third-order valence-corrected chi connectivity index (χ3v) is 8.87. The molecule has 0 unspecified atom stereocenters. The molecule has 6 rings (SSSR count). The number of methoxy groups -OCH3 is 1. The largest absolute Gasteiger partial charge is 0.495 e. The zero-order valence-corrected chi connectivity index (χ0v) is 26.6. The Balaban J connectivity index is 1.94. The van der Waals surface area contributed by atoms with Crippen molar-refractivity contribution in [3.63, 3.8) is 0 Å². The lowest BCUT2D eigenvalue weighted by atomic mass is 9.78. The van der Waals surface area contributed by atoms with Gasteiger partial charge in [0.15, 0.2) is 0 Å². The molecule has 0 saturated carbocycles. The molecule has 6 heteroatoms. The highest BCUT2D eigenvalue weighted by Gasteiger charge is 2.30. The van der Waals surface area contributed by atoms with Crippen molar-refractivity contribution < 1.29 is 4.74 Å². The Kier molecular flexibility index (Phi) is 8.73. The highest BCUT2D eigenvalue weighted by molar-refractivity contribution is 6.42. The minimum Gasteiger partial charge on any atom is -0.495 e. The molecule has 1 nitrogen and oxygen atoms in total. The van der Waals surface area contributed by atoms with Crippen LogP contribution in [0.25, 0.3) is 55.6 Å². The molecule has 6 aromatic carbocycles. The number of ether oxygens (including phenoxy) is 1. The number of rotatable bonds is 6. The predicted molar refractivity (Wildman–Crippen MR) is 185 cm³/mol. The molecule has 6 aromatic rings. The fourth-order valence-corrected chi connectivity index (χ4v) is 6.35. The molecule has 0 radical (unpaired) electrons. The predicted octanol–water partition coefficient (Wildman–Crippen LogP) is 13.3. The summed E-state index contributed by atoms with van der Waals surface area (Å²) in [7, 11) is 1.68. The molecular weight excluding hydrogens is 638 g/mol. The molecule has 0 atom stereocenters. The Bertz CT molecular complexity index is 1950. The maximum Gasteiger partial charge on any atom is 0.135 e. The molecule has 0 aliphatic heterocycles. The molecule has 0 spiro atoms. The average molecular weight is 661 g/mol. The minimum atomic E-state index is 0.442. The molecular formula is C37H23Cl5O. The van der Waals surface area contributed by atoms with Gasteiger partial charge in [0.25, 0.3) is 0 Å². The topological polar surface area (TPSA) is 9.23 Å². The van der Waals surface area contributed by atoms with E-state index in [4.69, 9.17) is 62.7 Å². The van der Waals surface area contributed by atoms with Crippen molar-refractivity contribution in [3.05, 3.63) is 146 Å². The second kappa shape index (κ2) is 12.7. The van der Waals surface area contributed by atoms with Crippen LogP contribution in [0.4, 0.5) is 0 Å². The molecule has 0 saturated heterocycles. The van der Waals surface area contributed by atoms with Crippen LogP contribution in [0.5, 0.6) is 5.75 Å². The zero-order valence-electron chi connectivity index (χ0n) is 22.8. The van der Waals surface area contributed by atoms with Crippen LogP contribution in [0.2, 0.25) is 25.1 Å². The number of hydrogen-bond donors (Lipinski definition) is 0. The quantitative estimate of drug-likeness (QED) is 0.173. The van der Waals surface area contributed by atoms with Crippen LogP contribution in [-0.2, 0) is 0 Å². The summed E-state index contributed by atoms with van der Waals surface area (Å²) in [5, 5.41) is 2.74. The monoisotopic (exact) mass is 658 g/mol. The van der Waals surface area contributed by atoms with E-state index in [0.717, 1.165) is 55.6 Å². The number of hydrogen-bond acceptors (Lipinski definition) is 1. The maximum atomic E-state index is 7.00. The van der Waals surface area contributed by atoms with E-state index in [2.05, 4.69) is 12.1 Å². The lowest BCUT2D eigenvalue weighted by Gasteiger charge is -2.28. The summed E-state index contributed by atoms with van der Waals surface area (Å²) in [6.45, 7) is 0. The van der Waals surface area contributed by atoms with Gasteiger partial charge in [-0.05, 0) is 70.3 Å². The fraction of sp³-hybridized carbons (Fsp3) is 0.0270. The molecule has 0 aliphatic carbocycles. The third-order valence-electron chi connectivity index (χ3n) is 7.32. The van der Waals surface area contributed by atoms with E-state index in [1.807, 2.05) is 109 Å². The third kappa shape index (κ3) is 5.77. The lowest BCUT2D eigenvalue weighted by Crippen LogP contribution is -2.02. The molecule has 0 fully saturated rings. The van der Waals surface area contributed by atoms with E-state index in [0.29, 0.717) is 30.9 Å². The van der Waals surface area contributed by atoms with Gasteiger partial charge in [-0.1, -0.05) is 137 Å². The van der Waals surface area contributed by atoms with Gasteiger partial charge in [-0.25, -0.2) is 0 Å². The normalized spacial score (nSPS) is 11.0. The molecule has 0 aromatic heterocycles. The van der Waals surface area contributed by atoms with Gasteiger partial charge in [-0.3, -0.25) is 0 Å². The Hall–Kier alpha value is -3.43. The second-order valence-electron chi connectivity index (χ2n) is 9.90. The summed E-state index contributed by atoms with van der Waals surface area (Å²) >= 11 is 33.1. The Morgan fingerprint density at radius 1 is 0.395 bits per heavy atom. The van der Waals surface area contributed by atoms with Gasteiger partial charge >= 0.3 is 0 Å². The van der Waals surface area contributed by atoms with Crippen LogP contribution in [0.15, 0.2) is 121 Å². The van der Waals surface area contributed by atoms with E-state index in [-0.39, 0.29) is 0 Å². The first-order valence-electron chi connectivity index (χ1n) is 13.4. The molecule has 212 valence electrons. The molecule has 43 heavy (non-hydrogen) atoms. The number of benzene rings is 6. The maximum absolute atomic E-state index is 7.00. The lowest BCUT2D eigenvalue weighted by molar-refractivity contribution is 0.418. The first-order chi connectivity index (χ1) is 20.9. The molecule has 0 N–H and O–H groups in total. The van der Waals surface area contributed by atoms with E-state index in [9.17, 15) is 0 Å². The van der Waals surface area contributed by atoms with Gasteiger partial charge in [0.2, 0.25) is 0 Å². The van der Waals surface area contributed by atoms with Gasteiger partial charge in [-0.15, -0.1) is 0 Å². The zero-order chi connectivity index (χ0) is 30.1. The first-order valence-corrected chi connectivity index (χ1v) is 15.3. The average Bonchev–Trinajstić information content (AvgIpc) is 3.02. The van der Waals surface area contributed by atoms with E-state index >= 15 is 0 Å². The van der Waals surface area contributed by atoms with Crippen molar-refractivity contribution in [2.75, 3.05) is 7.11 Å². The van der Waals surface area contributed by atoms with Crippen molar-refractivity contribution in [2.24, 2.45) is 0 Å². The van der Waals surface area contributed by atoms with Crippen molar-refractivity contribution in [3.8, 4) is 61.4 Å². The minimum absolute atomic E-state index is 0.442. The summed E-state index contributed by atoms with van der Waals surface area (Å²) in [5.41, 5.74) is 8.96. The number of halogens is 5. The standard InChI is InChI=1S/C37H23Cl5O/c1-43-37-34(23-14-17-26(38)18-15-23)33(25-16-19-30(41)31(42)21-25)32(22-8-3-2-4-9-22)36(28-12-5-6-13-29(28)40)35(37)24-10-7-11-27(39)20-24/h2-21H,1H3. The van der Waals surface area contributed by atoms with Gasteiger partial charge in [0.1, 0.15) is 5.75 Å². The molecule has 0 bridgehead atoms. The van der Waals surface area contributed by atoms with Crippen LogP contribution in [0, 0.1) is 0 Å². The summed E-state index contributed by atoms with van der Waals surface area (Å²) in [6.07, 6.45) is 0. The van der Waals surface area contributed by atoms with Crippen LogP contribution in [0.3, 0.4) is 0 Å². The van der Waals surface area contributed by atoms with Crippen molar-refractivity contribution in [2.45, 2.75) is 0 Å². The molecule has 0 heterocycles. The summed E-state index contributed by atoms with van der Waals surface area (Å²) in [6, 6.07) is 39.2. The first kappa shape index (κ1) is 29.6. The van der Waals surface area contributed by atoms with Crippen LogP contribution in [-0.4, -0.2) is 7.11 Å². The summed E-state index contributed by atoms with van der Waals surface area (Å²) in [5.74, 6) is 0.653. The summed E-state index contributed by atoms with van der Waals surface area (Å²) < 4.78 is 6.39. The van der Waals surface area contributed by atoms with Gasteiger partial charge < -0.3 is 4.74 Å². The second-order valence-corrected chi connectivity index (χ2v) is 12.0. The molecule has 0 amide bonds. The van der Waals surface area contributed by atoms with Crippen molar-refractivity contribution >= 4 is 58.0 Å². The van der Waals surface area contributed by atoms with E-state index in [1.165, 1.54) is 0 Å². The van der Waals surface area contributed by atoms with Gasteiger partial charge in [-0.2, -0.15) is 0 Å². The van der Waals surface area contributed by atoms with E-state index < -0.39 is 0 Å². The molecule has 0 aliphatic rings. The van der Waals surface area contributed by atoms with Crippen molar-refractivity contribution in [1.82, 2.24) is 0 Å². The van der Waals surface area contributed by atoms with Crippen LogP contribution >= 0.6 is 58.0 Å². The van der Waals surface area contributed by atoms with E-state index in [1.54, 1.807) is 7.11 Å². The SMILES string of the molecule is COc1c(-c2ccc(Cl)cc2)c(-c2ccc(Cl)c(Cl)c2)c(-c2ccccc2)c(-c2ccccc2Cl)c1-c1cccc(Cl)c1. The Labute approximate surface area is 276 Å². The van der Waals surface area contributed by atoms with Crippen molar-refractivity contribution in [1.29, 1.82) is 0 Å². The smallest absolute Gasteiger partial charge is 0.135 e. The van der Waals surface area contributed by atoms with Crippen LogP contribution < -0.4 is 4.74 Å². The van der Waals surface area contributed by atoms with Gasteiger partial charge in [0, 0.05) is 42.9 Å². The van der Waals surface area contributed by atoms with Crippen LogP contribution in [0.1, 0.15) is 0 Å². The van der Waals surface area contributed by atoms with Gasteiger partial charge in [0.05, 0.1) is 17.2 Å². The Morgan fingerprint density at radius 3 is 1.65 bits per heavy atom. The highest BCUT2D eigenvalue weighted by Crippen LogP contribution is 2.57. The fourth-order valence-electron chi connectivity index (χ4n) is 5.51. The summed E-state index contributed by atoms with van der Waals surface area (Å²) in [4.78, 5) is 0. The highest BCUT2D eigenvalue weighted by atomic mass is 35.5. The Morgan fingerprint density at radius 2 is 0.977 bits per heavy atom.